The predicted octanol–water partition coefficient (Wildman–Crippen LogP) is 3.20. The van der Waals surface area contributed by atoms with Crippen molar-refractivity contribution in [1.82, 2.24) is 4.90 Å². The molecule has 17 heavy (non-hydrogen) atoms. The highest BCUT2D eigenvalue weighted by Crippen LogP contribution is 2.17. The summed E-state index contributed by atoms with van der Waals surface area (Å²) in [7, 11) is 2.18. The van der Waals surface area contributed by atoms with Gasteiger partial charge in [-0.1, -0.05) is 23.7 Å². The Bertz CT molecular complexity index is 333. The largest absolute Gasteiger partial charge is 0.381 e. The number of hydrogen-bond donors (Lipinski definition) is 0. The fourth-order valence-electron chi connectivity index (χ4n) is 2.34. The van der Waals surface area contributed by atoms with Crippen molar-refractivity contribution in [2.24, 2.45) is 5.92 Å². The van der Waals surface area contributed by atoms with Gasteiger partial charge in [0, 0.05) is 31.3 Å². The maximum atomic E-state index is 5.88. The molecule has 0 unspecified atom stereocenters. The van der Waals surface area contributed by atoms with Crippen LogP contribution in [0.15, 0.2) is 24.3 Å². The first-order chi connectivity index (χ1) is 8.24. The van der Waals surface area contributed by atoms with Crippen molar-refractivity contribution < 1.29 is 4.74 Å². The van der Waals surface area contributed by atoms with E-state index in [0.29, 0.717) is 0 Å². The number of rotatable bonds is 4. The molecular formula is C14H20ClNO. The Labute approximate surface area is 109 Å². The van der Waals surface area contributed by atoms with Gasteiger partial charge in [0.2, 0.25) is 0 Å². The molecule has 0 aliphatic carbocycles. The predicted molar refractivity (Wildman–Crippen MR) is 71.3 cm³/mol. The third kappa shape index (κ3) is 4.30. The van der Waals surface area contributed by atoms with Crippen molar-refractivity contribution in [1.29, 1.82) is 0 Å². The average Bonchev–Trinajstić information content (AvgIpc) is 2.33. The molecule has 0 saturated carbocycles. The summed E-state index contributed by atoms with van der Waals surface area (Å²) >= 11 is 5.88. The number of benzene rings is 1. The van der Waals surface area contributed by atoms with Crippen molar-refractivity contribution in [3.05, 3.63) is 34.9 Å². The number of hydrogen-bond acceptors (Lipinski definition) is 2. The molecule has 1 aliphatic heterocycles. The normalized spacial score (nSPS) is 17.6. The van der Waals surface area contributed by atoms with Gasteiger partial charge in [0.1, 0.15) is 0 Å². The van der Waals surface area contributed by atoms with Crippen LogP contribution in [0.3, 0.4) is 0 Å². The lowest BCUT2D eigenvalue weighted by Gasteiger charge is -2.27. The van der Waals surface area contributed by atoms with Gasteiger partial charge in [-0.3, -0.25) is 0 Å². The van der Waals surface area contributed by atoms with E-state index in [-0.39, 0.29) is 0 Å². The average molecular weight is 254 g/mol. The van der Waals surface area contributed by atoms with Crippen LogP contribution in [0.2, 0.25) is 5.02 Å². The number of nitrogens with zero attached hydrogens (tertiary/aromatic N) is 1. The summed E-state index contributed by atoms with van der Waals surface area (Å²) in [6.07, 6.45) is 2.40. The highest BCUT2D eigenvalue weighted by atomic mass is 35.5. The van der Waals surface area contributed by atoms with E-state index in [9.17, 15) is 0 Å². The van der Waals surface area contributed by atoms with Gasteiger partial charge in [-0.25, -0.2) is 0 Å². The molecule has 1 heterocycles. The second-order valence-electron chi connectivity index (χ2n) is 4.88. The SMILES string of the molecule is CN(Cc1ccc(Cl)cc1)CC1CCOCC1. The van der Waals surface area contributed by atoms with Gasteiger partial charge in [0.15, 0.2) is 0 Å². The zero-order valence-corrected chi connectivity index (χ0v) is 11.1. The Kier molecular flexibility index (Phi) is 4.84. The van der Waals surface area contributed by atoms with Gasteiger partial charge >= 0.3 is 0 Å². The van der Waals surface area contributed by atoms with E-state index in [4.69, 9.17) is 16.3 Å². The van der Waals surface area contributed by atoms with E-state index in [2.05, 4.69) is 24.1 Å². The Balaban J connectivity index is 1.79. The van der Waals surface area contributed by atoms with Crippen molar-refractivity contribution in [3.63, 3.8) is 0 Å². The van der Waals surface area contributed by atoms with E-state index >= 15 is 0 Å². The topological polar surface area (TPSA) is 12.5 Å². The molecule has 0 N–H and O–H groups in total. The Hall–Kier alpha value is -0.570. The quantitative estimate of drug-likeness (QED) is 0.817. The molecule has 1 fully saturated rings. The van der Waals surface area contributed by atoms with Gasteiger partial charge in [0.05, 0.1) is 0 Å². The Morgan fingerprint density at radius 3 is 2.53 bits per heavy atom. The molecule has 1 aromatic carbocycles. The van der Waals surface area contributed by atoms with E-state index in [1.165, 1.54) is 18.4 Å². The summed E-state index contributed by atoms with van der Waals surface area (Å²) in [5, 5.41) is 0.806. The molecule has 3 heteroatoms. The summed E-state index contributed by atoms with van der Waals surface area (Å²) in [5.41, 5.74) is 1.32. The van der Waals surface area contributed by atoms with Crippen LogP contribution in [0.5, 0.6) is 0 Å². The molecule has 0 amide bonds. The van der Waals surface area contributed by atoms with Crippen molar-refractivity contribution in [2.45, 2.75) is 19.4 Å². The van der Waals surface area contributed by atoms with E-state index in [0.717, 1.165) is 37.2 Å². The van der Waals surface area contributed by atoms with Gasteiger partial charge < -0.3 is 9.64 Å². The lowest BCUT2D eigenvalue weighted by molar-refractivity contribution is 0.0549. The molecule has 0 bridgehead atoms. The van der Waals surface area contributed by atoms with Crippen molar-refractivity contribution in [3.8, 4) is 0 Å². The van der Waals surface area contributed by atoms with Gasteiger partial charge in [-0.05, 0) is 43.5 Å². The van der Waals surface area contributed by atoms with Crippen LogP contribution in [0.4, 0.5) is 0 Å². The second-order valence-corrected chi connectivity index (χ2v) is 5.32. The van der Waals surface area contributed by atoms with Gasteiger partial charge in [0.25, 0.3) is 0 Å². The summed E-state index contributed by atoms with van der Waals surface area (Å²) in [6.45, 7) is 4.01. The second kappa shape index (κ2) is 6.39. The Morgan fingerprint density at radius 1 is 1.24 bits per heavy atom. The Morgan fingerprint density at radius 2 is 1.88 bits per heavy atom. The van der Waals surface area contributed by atoms with Gasteiger partial charge in [-0.2, -0.15) is 0 Å². The fourth-order valence-corrected chi connectivity index (χ4v) is 2.46. The molecule has 0 radical (unpaired) electrons. The smallest absolute Gasteiger partial charge is 0.0469 e. The monoisotopic (exact) mass is 253 g/mol. The molecule has 1 aromatic rings. The van der Waals surface area contributed by atoms with Crippen LogP contribution in [0, 0.1) is 5.92 Å². The van der Waals surface area contributed by atoms with Crippen LogP contribution >= 0.6 is 11.6 Å². The maximum absolute atomic E-state index is 5.88. The number of halogens is 1. The fraction of sp³-hybridized carbons (Fsp3) is 0.571. The van der Waals surface area contributed by atoms with Crippen LogP contribution in [-0.2, 0) is 11.3 Å². The zero-order chi connectivity index (χ0) is 12.1. The molecule has 0 aromatic heterocycles. The summed E-state index contributed by atoms with van der Waals surface area (Å²) < 4.78 is 5.38. The van der Waals surface area contributed by atoms with Crippen molar-refractivity contribution in [2.75, 3.05) is 26.8 Å². The lowest BCUT2D eigenvalue weighted by atomic mass is 10.00. The highest BCUT2D eigenvalue weighted by Gasteiger charge is 2.15. The molecule has 1 aliphatic rings. The standard InChI is InChI=1S/C14H20ClNO/c1-16(11-13-6-8-17-9-7-13)10-12-2-4-14(15)5-3-12/h2-5,13H,6-11H2,1H3. The first-order valence-corrected chi connectivity index (χ1v) is 6.62. The molecule has 0 spiro atoms. The minimum absolute atomic E-state index is 0.793. The minimum atomic E-state index is 0.793. The lowest BCUT2D eigenvalue weighted by Crippen LogP contribution is -2.29. The summed E-state index contributed by atoms with van der Waals surface area (Å²) in [4.78, 5) is 2.39. The number of ether oxygens (including phenoxy) is 1. The van der Waals surface area contributed by atoms with E-state index < -0.39 is 0 Å². The van der Waals surface area contributed by atoms with Gasteiger partial charge in [-0.15, -0.1) is 0 Å². The maximum Gasteiger partial charge on any atom is 0.0469 e. The third-order valence-electron chi connectivity index (χ3n) is 3.28. The summed E-state index contributed by atoms with van der Waals surface area (Å²) in [5.74, 6) is 0.793. The summed E-state index contributed by atoms with van der Waals surface area (Å²) in [6, 6.07) is 8.12. The molecule has 2 nitrogen and oxygen atoms in total. The van der Waals surface area contributed by atoms with Crippen LogP contribution < -0.4 is 0 Å². The van der Waals surface area contributed by atoms with E-state index in [1.807, 2.05) is 12.1 Å². The van der Waals surface area contributed by atoms with Crippen LogP contribution in [0.25, 0.3) is 0 Å². The van der Waals surface area contributed by atoms with Crippen molar-refractivity contribution >= 4 is 11.6 Å². The van der Waals surface area contributed by atoms with E-state index in [1.54, 1.807) is 0 Å². The third-order valence-corrected chi connectivity index (χ3v) is 3.53. The molecule has 0 atom stereocenters. The zero-order valence-electron chi connectivity index (χ0n) is 10.4. The first-order valence-electron chi connectivity index (χ1n) is 6.25. The molecule has 94 valence electrons. The first kappa shape index (κ1) is 12.9. The molecule has 1 saturated heterocycles. The van der Waals surface area contributed by atoms with Crippen LogP contribution in [0.1, 0.15) is 18.4 Å². The highest BCUT2D eigenvalue weighted by molar-refractivity contribution is 6.30. The minimum Gasteiger partial charge on any atom is -0.381 e. The molecular weight excluding hydrogens is 234 g/mol. The molecule has 2 rings (SSSR count). The van der Waals surface area contributed by atoms with Crippen LogP contribution in [-0.4, -0.2) is 31.7 Å².